The number of anilines is 2. The minimum absolute atomic E-state index is 0. The third-order valence-corrected chi connectivity index (χ3v) is 3.89. The molecule has 0 unspecified atom stereocenters. The Kier molecular flexibility index (Phi) is 7.57. The molecule has 1 aromatic heterocycles. The number of nitrogens with zero attached hydrogens (tertiary/aromatic N) is 2. The van der Waals surface area contributed by atoms with Crippen LogP contribution < -0.4 is 15.4 Å². The fourth-order valence-electron chi connectivity index (χ4n) is 2.54. The molecular formula is C20H21N4O2Y-. The molecule has 7 heteroatoms. The summed E-state index contributed by atoms with van der Waals surface area (Å²) in [4.78, 5) is 12.3. The van der Waals surface area contributed by atoms with Crippen LogP contribution in [0.4, 0.5) is 16.3 Å². The van der Waals surface area contributed by atoms with Gasteiger partial charge in [-0.25, -0.2) is 9.48 Å². The molecule has 6 nitrogen and oxygen atoms in total. The molecule has 137 valence electrons. The van der Waals surface area contributed by atoms with Crippen LogP contribution >= 0.6 is 0 Å². The van der Waals surface area contributed by atoms with Crippen LogP contribution in [0.15, 0.2) is 54.6 Å². The van der Waals surface area contributed by atoms with Gasteiger partial charge in [-0.15, -0.1) is 0 Å². The first-order chi connectivity index (χ1) is 12.6. The van der Waals surface area contributed by atoms with Crippen LogP contribution in [-0.4, -0.2) is 22.9 Å². The molecule has 0 aliphatic carbocycles. The number of urea groups is 1. The number of benzene rings is 2. The second-order valence-corrected chi connectivity index (χ2v) is 5.81. The van der Waals surface area contributed by atoms with Gasteiger partial charge in [-0.1, -0.05) is 17.7 Å². The topological polar surface area (TPSA) is 68.2 Å². The molecule has 0 spiro atoms. The zero-order chi connectivity index (χ0) is 18.5. The molecule has 2 aromatic carbocycles. The van der Waals surface area contributed by atoms with Crippen molar-refractivity contribution < 1.29 is 42.2 Å². The molecule has 0 aliphatic heterocycles. The molecule has 0 fully saturated rings. The predicted octanol–water partition coefficient (Wildman–Crippen LogP) is 4.21. The number of ether oxygens (including phenoxy) is 1. The number of amides is 2. The fraction of sp³-hybridized carbons (Fsp3) is 0.150. The molecule has 0 saturated carbocycles. The molecular weight excluding hydrogens is 417 g/mol. The van der Waals surface area contributed by atoms with Gasteiger partial charge >= 0.3 is 6.03 Å². The minimum atomic E-state index is -0.342. The van der Waals surface area contributed by atoms with Crippen LogP contribution in [-0.2, 0) is 39.1 Å². The summed E-state index contributed by atoms with van der Waals surface area (Å²) in [6.07, 6.45) is 0.730. The Bertz CT molecular complexity index is 889. The molecule has 0 bridgehead atoms. The molecule has 3 aromatic rings. The number of carbonyl (C=O) groups is 1. The summed E-state index contributed by atoms with van der Waals surface area (Å²) >= 11 is 0. The van der Waals surface area contributed by atoms with E-state index in [-0.39, 0.29) is 38.7 Å². The van der Waals surface area contributed by atoms with Crippen LogP contribution in [0.3, 0.4) is 0 Å². The van der Waals surface area contributed by atoms with Crippen molar-refractivity contribution in [1.82, 2.24) is 9.78 Å². The summed E-state index contributed by atoms with van der Waals surface area (Å²) in [5.74, 6) is 1.33. The number of hydrogen-bond donors (Lipinski definition) is 2. The van der Waals surface area contributed by atoms with Crippen molar-refractivity contribution in [3.8, 4) is 11.4 Å². The van der Waals surface area contributed by atoms with Crippen molar-refractivity contribution in [1.29, 1.82) is 0 Å². The smallest absolute Gasteiger partial charge is 0.324 e. The van der Waals surface area contributed by atoms with Crippen LogP contribution in [0.25, 0.3) is 5.69 Å². The second kappa shape index (κ2) is 9.67. The number of aromatic nitrogens is 2. The minimum Gasteiger partial charge on any atom is -0.497 e. The first-order valence-electron chi connectivity index (χ1n) is 8.26. The van der Waals surface area contributed by atoms with Gasteiger partial charge in [0.25, 0.3) is 0 Å². The van der Waals surface area contributed by atoms with Crippen molar-refractivity contribution in [2.24, 2.45) is 0 Å². The molecule has 2 N–H and O–H groups in total. The largest absolute Gasteiger partial charge is 0.497 e. The van der Waals surface area contributed by atoms with E-state index in [1.807, 2.05) is 37.3 Å². The van der Waals surface area contributed by atoms with Crippen molar-refractivity contribution >= 4 is 17.5 Å². The average Bonchev–Trinajstić information content (AvgIpc) is 3.02. The fourth-order valence-corrected chi connectivity index (χ4v) is 2.54. The van der Waals surface area contributed by atoms with Crippen LogP contribution in [0.1, 0.15) is 11.3 Å². The quantitative estimate of drug-likeness (QED) is 0.587. The van der Waals surface area contributed by atoms with Gasteiger partial charge in [0.15, 0.2) is 0 Å². The number of rotatable bonds is 5. The summed E-state index contributed by atoms with van der Waals surface area (Å²) < 4.78 is 6.81. The zero-order valence-corrected chi connectivity index (χ0v) is 18.2. The summed E-state index contributed by atoms with van der Waals surface area (Å²) in [6, 6.07) is 16.5. The van der Waals surface area contributed by atoms with E-state index in [0.29, 0.717) is 11.5 Å². The van der Waals surface area contributed by atoms with Gasteiger partial charge in [-0.3, -0.25) is 5.32 Å². The maximum atomic E-state index is 12.3. The summed E-state index contributed by atoms with van der Waals surface area (Å²) in [6.45, 7) is 5.76. The van der Waals surface area contributed by atoms with Gasteiger partial charge in [0.2, 0.25) is 0 Å². The van der Waals surface area contributed by atoms with E-state index in [4.69, 9.17) is 4.74 Å². The first kappa shape index (κ1) is 21.1. The Morgan fingerprint density at radius 2 is 1.78 bits per heavy atom. The van der Waals surface area contributed by atoms with Gasteiger partial charge in [0.05, 0.1) is 18.5 Å². The van der Waals surface area contributed by atoms with Gasteiger partial charge in [-0.05, 0) is 43.3 Å². The van der Waals surface area contributed by atoms with E-state index in [2.05, 4.69) is 22.7 Å². The van der Waals surface area contributed by atoms with Gasteiger partial charge in [0.1, 0.15) is 11.6 Å². The number of nitrogens with one attached hydrogen (secondary N) is 2. The van der Waals surface area contributed by atoms with Crippen LogP contribution in [0.5, 0.6) is 5.75 Å². The molecule has 0 atom stereocenters. The number of aryl methyl sites for hydroxylation is 1. The van der Waals surface area contributed by atoms with Crippen molar-refractivity contribution in [2.45, 2.75) is 13.3 Å². The Labute approximate surface area is 184 Å². The number of carbonyl (C=O) groups excluding carboxylic acids is 1. The maximum Gasteiger partial charge on any atom is 0.324 e. The molecule has 2 amide bonds. The Morgan fingerprint density at radius 1 is 1.11 bits per heavy atom. The van der Waals surface area contributed by atoms with Gasteiger partial charge in [0, 0.05) is 44.5 Å². The summed E-state index contributed by atoms with van der Waals surface area (Å²) in [5.41, 5.74) is 3.50. The first-order valence-corrected chi connectivity index (χ1v) is 8.26. The van der Waals surface area contributed by atoms with E-state index < -0.39 is 0 Å². The van der Waals surface area contributed by atoms with Crippen molar-refractivity contribution in [3.05, 3.63) is 72.8 Å². The predicted molar refractivity (Wildman–Crippen MR) is 103 cm³/mol. The SMILES string of the molecule is [CH2-]Cc1ccc(-n2nc(C)cc2NC(=O)Nc2ccc(OC)cc2)cc1.[Y]. The monoisotopic (exact) mass is 438 g/mol. The third kappa shape index (κ3) is 5.40. The van der Waals surface area contributed by atoms with Crippen LogP contribution in [0.2, 0.25) is 0 Å². The summed E-state index contributed by atoms with van der Waals surface area (Å²) in [7, 11) is 1.60. The Hall–Kier alpha value is -2.18. The van der Waals surface area contributed by atoms with E-state index in [0.717, 1.165) is 29.1 Å². The molecule has 0 saturated heterocycles. The molecule has 1 radical (unpaired) electrons. The molecule has 0 aliphatic rings. The van der Waals surface area contributed by atoms with Crippen LogP contribution in [0, 0.1) is 13.8 Å². The third-order valence-electron chi connectivity index (χ3n) is 3.89. The van der Waals surface area contributed by atoms with E-state index in [9.17, 15) is 4.79 Å². The normalized spacial score (nSPS) is 10.0. The molecule has 1 heterocycles. The molecule has 27 heavy (non-hydrogen) atoms. The summed E-state index contributed by atoms with van der Waals surface area (Å²) in [5, 5.41) is 10.1. The van der Waals surface area contributed by atoms with E-state index in [1.54, 1.807) is 36.1 Å². The zero-order valence-electron chi connectivity index (χ0n) is 15.4. The Balaban J connectivity index is 0.00000261. The van der Waals surface area contributed by atoms with E-state index in [1.165, 1.54) is 0 Å². The van der Waals surface area contributed by atoms with Gasteiger partial charge in [-0.2, -0.15) is 11.5 Å². The average molecular weight is 438 g/mol. The number of hydrogen-bond acceptors (Lipinski definition) is 3. The van der Waals surface area contributed by atoms with E-state index >= 15 is 0 Å². The number of methoxy groups -OCH3 is 1. The molecule has 3 rings (SSSR count). The van der Waals surface area contributed by atoms with Crippen molar-refractivity contribution in [3.63, 3.8) is 0 Å². The second-order valence-electron chi connectivity index (χ2n) is 5.81. The van der Waals surface area contributed by atoms with Gasteiger partial charge < -0.3 is 17.0 Å². The maximum absolute atomic E-state index is 12.3. The Morgan fingerprint density at radius 3 is 2.37 bits per heavy atom. The van der Waals surface area contributed by atoms with Crippen molar-refractivity contribution in [2.75, 3.05) is 17.7 Å². The standard InChI is InChI=1S/C20H21N4O2.Y/c1-4-15-5-9-17(10-6-15)24-19(13-14(2)23-24)22-20(25)21-16-7-11-18(26-3)12-8-16;/h5-13H,1,4H2,2-3H3,(H2,21,22,25);/q-1;.